The monoisotopic (exact) mass is 234 g/mol. The summed E-state index contributed by atoms with van der Waals surface area (Å²) in [6.07, 6.45) is 5.34. The van der Waals surface area contributed by atoms with E-state index < -0.39 is 5.60 Å². The van der Waals surface area contributed by atoms with Crippen LogP contribution >= 0.6 is 0 Å². The van der Waals surface area contributed by atoms with Gasteiger partial charge in [-0.3, -0.25) is 0 Å². The first-order valence-corrected chi connectivity index (χ1v) is 7.14. The molecule has 2 saturated carbocycles. The van der Waals surface area contributed by atoms with Gasteiger partial charge in [-0.15, -0.1) is 5.92 Å². The number of rotatable bonds is 2. The van der Waals surface area contributed by atoms with Crippen molar-refractivity contribution in [1.29, 1.82) is 0 Å². The molecule has 2 aliphatic rings. The minimum Gasteiger partial charge on any atom is -0.377 e. The predicted octanol–water partition coefficient (Wildman–Crippen LogP) is 3.61. The van der Waals surface area contributed by atoms with Crippen molar-refractivity contribution in [3.63, 3.8) is 0 Å². The van der Waals surface area contributed by atoms with Crippen LogP contribution < -0.4 is 0 Å². The quantitative estimate of drug-likeness (QED) is 0.571. The molecule has 0 aromatic carbocycles. The third-order valence-electron chi connectivity index (χ3n) is 5.50. The summed E-state index contributed by atoms with van der Waals surface area (Å²) in [4.78, 5) is 0. The Kier molecular flexibility index (Phi) is 3.29. The summed E-state index contributed by atoms with van der Waals surface area (Å²) in [7, 11) is 0. The number of aliphatic hydroxyl groups is 1. The molecule has 96 valence electrons. The average Bonchev–Trinajstić information content (AvgIpc) is 2.71. The van der Waals surface area contributed by atoms with E-state index in [4.69, 9.17) is 0 Å². The fourth-order valence-electron chi connectivity index (χ4n) is 3.81. The molecular formula is C16H26O. The summed E-state index contributed by atoms with van der Waals surface area (Å²) < 4.78 is 0. The molecule has 2 rings (SSSR count). The summed E-state index contributed by atoms with van der Waals surface area (Å²) in [6, 6.07) is 0. The Labute approximate surface area is 106 Å². The summed E-state index contributed by atoms with van der Waals surface area (Å²) >= 11 is 0. The van der Waals surface area contributed by atoms with Gasteiger partial charge in [-0.25, -0.2) is 0 Å². The number of unbranched alkanes of at least 4 members (excludes halogenated alkanes) is 2. The second-order valence-corrected chi connectivity index (χ2v) is 6.68. The van der Waals surface area contributed by atoms with Crippen LogP contribution in [0.2, 0.25) is 0 Å². The zero-order valence-electron chi connectivity index (χ0n) is 11.7. The highest BCUT2D eigenvalue weighted by molar-refractivity contribution is 5.24. The van der Waals surface area contributed by atoms with Crippen LogP contribution in [0.25, 0.3) is 0 Å². The van der Waals surface area contributed by atoms with Crippen molar-refractivity contribution in [2.24, 2.45) is 23.2 Å². The van der Waals surface area contributed by atoms with E-state index in [0.29, 0.717) is 23.2 Å². The van der Waals surface area contributed by atoms with Crippen LogP contribution in [0, 0.1) is 35.0 Å². The molecule has 0 heterocycles. The summed E-state index contributed by atoms with van der Waals surface area (Å²) in [6.45, 7) is 9.18. The van der Waals surface area contributed by atoms with Gasteiger partial charge < -0.3 is 5.11 Å². The lowest BCUT2D eigenvalue weighted by Gasteiger charge is -2.42. The number of hydrogen-bond acceptors (Lipinski definition) is 1. The van der Waals surface area contributed by atoms with E-state index in [0.717, 1.165) is 19.3 Å². The maximum absolute atomic E-state index is 10.7. The van der Waals surface area contributed by atoms with E-state index in [1.54, 1.807) is 0 Å². The lowest BCUT2D eigenvalue weighted by atomic mass is 9.65. The van der Waals surface area contributed by atoms with Crippen LogP contribution in [0.5, 0.6) is 0 Å². The van der Waals surface area contributed by atoms with Gasteiger partial charge in [0.05, 0.1) is 0 Å². The molecule has 4 atom stereocenters. The Balaban J connectivity index is 2.08. The predicted molar refractivity (Wildman–Crippen MR) is 71.4 cm³/mol. The van der Waals surface area contributed by atoms with E-state index in [9.17, 15) is 5.11 Å². The van der Waals surface area contributed by atoms with E-state index in [2.05, 4.69) is 39.5 Å². The van der Waals surface area contributed by atoms with Gasteiger partial charge in [-0.1, -0.05) is 40.0 Å². The Morgan fingerprint density at radius 2 is 2.06 bits per heavy atom. The molecule has 2 bridgehead atoms. The third-order valence-corrected chi connectivity index (χ3v) is 5.50. The molecular weight excluding hydrogens is 208 g/mol. The average molecular weight is 234 g/mol. The van der Waals surface area contributed by atoms with Crippen LogP contribution in [0.1, 0.15) is 59.8 Å². The van der Waals surface area contributed by atoms with Gasteiger partial charge >= 0.3 is 0 Å². The second kappa shape index (κ2) is 4.32. The molecule has 0 aliphatic heterocycles. The molecule has 0 aromatic rings. The van der Waals surface area contributed by atoms with Crippen LogP contribution in [-0.4, -0.2) is 10.7 Å². The summed E-state index contributed by atoms with van der Waals surface area (Å²) in [5, 5.41) is 10.7. The molecule has 2 aliphatic carbocycles. The minimum atomic E-state index is -0.673. The van der Waals surface area contributed by atoms with Crippen molar-refractivity contribution in [3.8, 4) is 11.8 Å². The van der Waals surface area contributed by atoms with Gasteiger partial charge in [0.25, 0.3) is 0 Å². The number of fused-ring (bicyclic) bond motifs is 2. The van der Waals surface area contributed by atoms with Crippen molar-refractivity contribution in [1.82, 2.24) is 0 Å². The van der Waals surface area contributed by atoms with Crippen LogP contribution in [0.3, 0.4) is 0 Å². The standard InChI is InChI=1S/C16H26O/c1-5-6-7-8-9-16(17)11-13-10-14(16)12(2)15(13,3)4/h12-14,17H,5-7,10-11H2,1-4H3/t12-,13+,14-,16-/m0/s1. The van der Waals surface area contributed by atoms with Gasteiger partial charge in [0.15, 0.2) is 0 Å². The van der Waals surface area contributed by atoms with Gasteiger partial charge in [0, 0.05) is 12.3 Å². The maximum atomic E-state index is 10.7. The number of hydrogen-bond donors (Lipinski definition) is 1. The van der Waals surface area contributed by atoms with Crippen LogP contribution in [0.15, 0.2) is 0 Å². The van der Waals surface area contributed by atoms with E-state index in [-0.39, 0.29) is 0 Å². The molecule has 0 unspecified atom stereocenters. The van der Waals surface area contributed by atoms with E-state index in [1.165, 1.54) is 12.8 Å². The van der Waals surface area contributed by atoms with E-state index >= 15 is 0 Å². The lowest BCUT2D eigenvalue weighted by molar-refractivity contribution is -0.0250. The Hall–Kier alpha value is -0.480. The first-order valence-electron chi connectivity index (χ1n) is 7.14. The van der Waals surface area contributed by atoms with E-state index in [1.807, 2.05) is 0 Å². The van der Waals surface area contributed by atoms with Crippen molar-refractivity contribution in [2.75, 3.05) is 0 Å². The zero-order valence-corrected chi connectivity index (χ0v) is 11.7. The van der Waals surface area contributed by atoms with Gasteiger partial charge in [0.2, 0.25) is 0 Å². The third kappa shape index (κ3) is 2.02. The summed E-state index contributed by atoms with van der Waals surface area (Å²) in [5.41, 5.74) is -0.282. The Morgan fingerprint density at radius 1 is 1.35 bits per heavy atom. The van der Waals surface area contributed by atoms with Gasteiger partial charge in [0.1, 0.15) is 5.60 Å². The minimum absolute atomic E-state index is 0.391. The molecule has 1 nitrogen and oxygen atoms in total. The molecule has 17 heavy (non-hydrogen) atoms. The van der Waals surface area contributed by atoms with Crippen LogP contribution in [-0.2, 0) is 0 Å². The van der Waals surface area contributed by atoms with Crippen molar-refractivity contribution < 1.29 is 5.11 Å². The smallest absolute Gasteiger partial charge is 0.128 e. The molecule has 1 N–H and O–H groups in total. The van der Waals surface area contributed by atoms with Crippen molar-refractivity contribution in [2.45, 2.75) is 65.4 Å². The molecule has 0 aromatic heterocycles. The van der Waals surface area contributed by atoms with Gasteiger partial charge in [-0.05, 0) is 36.5 Å². The Morgan fingerprint density at radius 3 is 2.59 bits per heavy atom. The zero-order chi connectivity index (χ0) is 12.7. The fraction of sp³-hybridized carbons (Fsp3) is 0.875. The molecule has 0 spiro atoms. The fourth-order valence-corrected chi connectivity index (χ4v) is 3.81. The normalized spacial score (nSPS) is 42.3. The Bertz CT molecular complexity index is 342. The largest absolute Gasteiger partial charge is 0.377 e. The topological polar surface area (TPSA) is 20.2 Å². The highest BCUT2D eigenvalue weighted by atomic mass is 16.3. The molecule has 0 amide bonds. The SMILES string of the molecule is CCCCC#C[C@]1(O)C[C@H]2C[C@H]1[C@H](C)C2(C)C. The molecule has 0 saturated heterocycles. The maximum Gasteiger partial charge on any atom is 0.128 e. The molecule has 1 heteroatoms. The highest BCUT2D eigenvalue weighted by Crippen LogP contribution is 2.62. The molecule has 0 radical (unpaired) electrons. The van der Waals surface area contributed by atoms with Gasteiger partial charge in [-0.2, -0.15) is 0 Å². The molecule has 2 fully saturated rings. The lowest BCUT2D eigenvalue weighted by Crippen LogP contribution is -2.44. The van der Waals surface area contributed by atoms with Crippen molar-refractivity contribution in [3.05, 3.63) is 0 Å². The first-order chi connectivity index (χ1) is 7.92. The highest BCUT2D eigenvalue weighted by Gasteiger charge is 2.60. The van der Waals surface area contributed by atoms with Crippen molar-refractivity contribution >= 4 is 0 Å². The first kappa shape index (κ1) is 13.0. The second-order valence-electron chi connectivity index (χ2n) is 6.68. The van der Waals surface area contributed by atoms with Crippen LogP contribution in [0.4, 0.5) is 0 Å². The summed E-state index contributed by atoms with van der Waals surface area (Å²) in [5.74, 6) is 8.05.